The van der Waals surface area contributed by atoms with Crippen molar-refractivity contribution in [1.29, 1.82) is 0 Å². The molecule has 0 spiro atoms. The van der Waals surface area contributed by atoms with Crippen molar-refractivity contribution in [3.63, 3.8) is 0 Å². The van der Waals surface area contributed by atoms with Gasteiger partial charge in [0.05, 0.1) is 11.0 Å². The molecule has 0 saturated heterocycles. The lowest BCUT2D eigenvalue weighted by molar-refractivity contribution is -0.385. The first kappa shape index (κ1) is 14.5. The van der Waals surface area contributed by atoms with E-state index in [1.54, 1.807) is 0 Å². The van der Waals surface area contributed by atoms with Crippen LogP contribution >= 0.6 is 0 Å². The maximum Gasteiger partial charge on any atom is 0.272 e. The molecule has 1 rings (SSSR count). The van der Waals surface area contributed by atoms with Crippen molar-refractivity contribution in [2.24, 2.45) is 0 Å². The molecule has 0 amide bonds. The number of nitro groups is 1. The normalized spacial score (nSPS) is 12.4. The van der Waals surface area contributed by atoms with E-state index in [-0.39, 0.29) is 18.3 Å². The summed E-state index contributed by atoms with van der Waals surface area (Å²) in [4.78, 5) is 9.97. The van der Waals surface area contributed by atoms with E-state index in [2.05, 4.69) is 5.32 Å². The topological polar surface area (TPSA) is 75.4 Å². The Hall–Kier alpha value is -1.53. The number of aliphatic hydroxyl groups is 1. The van der Waals surface area contributed by atoms with E-state index < -0.39 is 10.7 Å². The second-order valence-corrected chi connectivity index (χ2v) is 4.07. The van der Waals surface area contributed by atoms with Crippen LogP contribution in [0.3, 0.4) is 0 Å². The number of rotatable bonds is 7. The van der Waals surface area contributed by atoms with Gasteiger partial charge in [-0.2, -0.15) is 0 Å². The van der Waals surface area contributed by atoms with Gasteiger partial charge >= 0.3 is 0 Å². The minimum Gasteiger partial charge on any atom is -0.396 e. The quantitative estimate of drug-likeness (QED) is 0.578. The Kier molecular flexibility index (Phi) is 5.67. The van der Waals surface area contributed by atoms with Gasteiger partial charge in [-0.25, -0.2) is 4.39 Å². The van der Waals surface area contributed by atoms with E-state index in [4.69, 9.17) is 5.11 Å². The standard InChI is InChI=1S/C12H17FN2O3/c1-2-11(3-4-16)14-8-9-5-10(13)7-12(6-9)15(17)18/h5-7,11,14,16H,2-4,8H2,1H3. The number of hydrogen-bond donors (Lipinski definition) is 2. The van der Waals surface area contributed by atoms with Gasteiger partial charge in [-0.3, -0.25) is 10.1 Å². The molecule has 0 aliphatic carbocycles. The van der Waals surface area contributed by atoms with E-state index in [9.17, 15) is 14.5 Å². The average molecular weight is 256 g/mol. The molecule has 18 heavy (non-hydrogen) atoms. The Morgan fingerprint density at radius 3 is 2.78 bits per heavy atom. The third-order valence-corrected chi connectivity index (χ3v) is 2.72. The first-order chi connectivity index (χ1) is 8.56. The molecule has 1 aromatic carbocycles. The van der Waals surface area contributed by atoms with E-state index in [0.717, 1.165) is 12.5 Å². The van der Waals surface area contributed by atoms with Gasteiger partial charge in [0.25, 0.3) is 5.69 Å². The van der Waals surface area contributed by atoms with Crippen molar-refractivity contribution in [1.82, 2.24) is 5.32 Å². The first-order valence-electron chi connectivity index (χ1n) is 5.85. The summed E-state index contributed by atoms with van der Waals surface area (Å²) in [6.45, 7) is 2.40. The predicted octanol–water partition coefficient (Wildman–Crippen LogP) is 1.98. The van der Waals surface area contributed by atoms with Crippen molar-refractivity contribution in [2.75, 3.05) is 6.61 Å². The van der Waals surface area contributed by atoms with Crippen molar-refractivity contribution in [2.45, 2.75) is 32.4 Å². The van der Waals surface area contributed by atoms with Crippen LogP contribution in [0.25, 0.3) is 0 Å². The molecule has 5 nitrogen and oxygen atoms in total. The van der Waals surface area contributed by atoms with Gasteiger partial charge in [0.1, 0.15) is 5.82 Å². The lowest BCUT2D eigenvalue weighted by Gasteiger charge is -2.15. The van der Waals surface area contributed by atoms with E-state index in [0.29, 0.717) is 18.5 Å². The van der Waals surface area contributed by atoms with Gasteiger partial charge in [0, 0.05) is 25.3 Å². The van der Waals surface area contributed by atoms with Crippen LogP contribution in [0.5, 0.6) is 0 Å². The molecule has 0 heterocycles. The molecule has 6 heteroatoms. The summed E-state index contributed by atoms with van der Waals surface area (Å²) in [6.07, 6.45) is 1.44. The number of aliphatic hydroxyl groups excluding tert-OH is 1. The molecule has 0 aliphatic rings. The van der Waals surface area contributed by atoms with Crippen LogP contribution in [0.1, 0.15) is 25.3 Å². The van der Waals surface area contributed by atoms with Gasteiger partial charge in [0.15, 0.2) is 0 Å². The largest absolute Gasteiger partial charge is 0.396 e. The van der Waals surface area contributed by atoms with Crippen molar-refractivity contribution >= 4 is 5.69 Å². The average Bonchev–Trinajstić information content (AvgIpc) is 2.33. The highest BCUT2D eigenvalue weighted by molar-refractivity contribution is 5.35. The number of non-ortho nitro benzene ring substituents is 1. The third kappa shape index (κ3) is 4.38. The molecule has 0 aliphatic heterocycles. The third-order valence-electron chi connectivity index (χ3n) is 2.72. The van der Waals surface area contributed by atoms with Crippen molar-refractivity contribution < 1.29 is 14.4 Å². The smallest absolute Gasteiger partial charge is 0.272 e. The van der Waals surface area contributed by atoms with E-state index >= 15 is 0 Å². The fraction of sp³-hybridized carbons (Fsp3) is 0.500. The number of hydrogen-bond acceptors (Lipinski definition) is 4. The molecule has 0 fully saturated rings. The summed E-state index contributed by atoms with van der Waals surface area (Å²) in [7, 11) is 0. The maximum atomic E-state index is 13.2. The van der Waals surface area contributed by atoms with Crippen LogP contribution in [0, 0.1) is 15.9 Å². The second kappa shape index (κ2) is 7.03. The molecule has 100 valence electrons. The summed E-state index contributed by atoms with van der Waals surface area (Å²) in [6, 6.07) is 3.64. The van der Waals surface area contributed by atoms with Crippen LogP contribution in [-0.4, -0.2) is 22.7 Å². The molecule has 0 bridgehead atoms. The van der Waals surface area contributed by atoms with Crippen LogP contribution in [0.2, 0.25) is 0 Å². The lowest BCUT2D eigenvalue weighted by Crippen LogP contribution is -2.28. The Bertz CT molecular complexity index is 412. The molecule has 1 unspecified atom stereocenters. The zero-order valence-corrected chi connectivity index (χ0v) is 10.2. The summed E-state index contributed by atoms with van der Waals surface area (Å²) in [5.74, 6) is -0.615. The molecule has 2 N–H and O–H groups in total. The lowest BCUT2D eigenvalue weighted by atomic mass is 10.1. The highest BCUT2D eigenvalue weighted by Gasteiger charge is 2.11. The SMILES string of the molecule is CCC(CCO)NCc1cc(F)cc([N+](=O)[O-])c1. The zero-order valence-electron chi connectivity index (χ0n) is 10.2. The minimum atomic E-state index is -0.615. The predicted molar refractivity (Wildman–Crippen MR) is 65.7 cm³/mol. The zero-order chi connectivity index (χ0) is 13.5. The van der Waals surface area contributed by atoms with Crippen LogP contribution < -0.4 is 5.32 Å². The fourth-order valence-electron chi connectivity index (χ4n) is 1.71. The molecule has 1 aromatic rings. The van der Waals surface area contributed by atoms with Crippen molar-refractivity contribution in [3.05, 3.63) is 39.7 Å². The maximum absolute atomic E-state index is 13.2. The number of benzene rings is 1. The Morgan fingerprint density at radius 1 is 1.50 bits per heavy atom. The number of nitrogens with zero attached hydrogens (tertiary/aromatic N) is 1. The Labute approximate surface area is 105 Å². The van der Waals surface area contributed by atoms with Gasteiger partial charge in [-0.1, -0.05) is 6.92 Å². The Balaban J connectivity index is 2.69. The van der Waals surface area contributed by atoms with Gasteiger partial charge < -0.3 is 10.4 Å². The van der Waals surface area contributed by atoms with Gasteiger partial charge in [-0.05, 0) is 24.5 Å². The van der Waals surface area contributed by atoms with Gasteiger partial charge in [-0.15, -0.1) is 0 Å². The Morgan fingerprint density at radius 2 is 2.22 bits per heavy atom. The highest BCUT2D eigenvalue weighted by Crippen LogP contribution is 2.16. The molecular formula is C12H17FN2O3. The molecular weight excluding hydrogens is 239 g/mol. The molecule has 0 radical (unpaired) electrons. The number of halogens is 1. The molecule has 0 saturated carbocycles. The summed E-state index contributed by atoms with van der Waals surface area (Å²) in [5, 5.41) is 22.6. The number of nitrogens with one attached hydrogen (secondary N) is 1. The number of nitro benzene ring substituents is 1. The van der Waals surface area contributed by atoms with Crippen LogP contribution in [0.15, 0.2) is 18.2 Å². The second-order valence-electron chi connectivity index (χ2n) is 4.07. The molecule has 1 atom stereocenters. The minimum absolute atomic E-state index is 0.0782. The van der Waals surface area contributed by atoms with Crippen LogP contribution in [-0.2, 0) is 6.54 Å². The first-order valence-corrected chi connectivity index (χ1v) is 5.85. The molecule has 0 aromatic heterocycles. The highest BCUT2D eigenvalue weighted by atomic mass is 19.1. The monoisotopic (exact) mass is 256 g/mol. The summed E-state index contributed by atoms with van der Waals surface area (Å²) in [5.41, 5.74) is 0.278. The van der Waals surface area contributed by atoms with E-state index in [1.807, 2.05) is 6.92 Å². The fourth-order valence-corrected chi connectivity index (χ4v) is 1.71. The van der Waals surface area contributed by atoms with Gasteiger partial charge in [0.2, 0.25) is 0 Å². The summed E-state index contributed by atoms with van der Waals surface area (Å²) >= 11 is 0. The van der Waals surface area contributed by atoms with Crippen LogP contribution in [0.4, 0.5) is 10.1 Å². The van der Waals surface area contributed by atoms with Crippen molar-refractivity contribution in [3.8, 4) is 0 Å². The summed E-state index contributed by atoms with van der Waals surface area (Å²) < 4.78 is 13.2. The van der Waals surface area contributed by atoms with E-state index in [1.165, 1.54) is 12.1 Å².